The van der Waals surface area contributed by atoms with E-state index in [2.05, 4.69) is 4.98 Å². The highest BCUT2D eigenvalue weighted by Gasteiger charge is 2.25. The number of aromatic nitrogens is 2. The van der Waals surface area contributed by atoms with Crippen LogP contribution in [0.15, 0.2) is 59.4 Å². The van der Waals surface area contributed by atoms with Crippen LogP contribution in [0.25, 0.3) is 22.3 Å². The zero-order valence-corrected chi connectivity index (χ0v) is 13.6. The number of para-hydroxylation sites is 1. The molecular formula is C19H18N2O3. The van der Waals surface area contributed by atoms with E-state index in [1.807, 2.05) is 43.3 Å². The smallest absolute Gasteiger partial charge is 0.329 e. The van der Waals surface area contributed by atoms with Crippen molar-refractivity contribution in [2.24, 2.45) is 0 Å². The zero-order chi connectivity index (χ0) is 17.1. The van der Waals surface area contributed by atoms with Crippen LogP contribution in [0.3, 0.4) is 0 Å². The molecule has 0 saturated carbocycles. The second kappa shape index (κ2) is 6.66. The van der Waals surface area contributed by atoms with Gasteiger partial charge < -0.3 is 4.74 Å². The molecule has 3 aromatic rings. The zero-order valence-electron chi connectivity index (χ0n) is 13.6. The van der Waals surface area contributed by atoms with E-state index >= 15 is 0 Å². The summed E-state index contributed by atoms with van der Waals surface area (Å²) in [5.41, 5.74) is 1.15. The molecule has 0 N–H and O–H groups in total. The van der Waals surface area contributed by atoms with E-state index in [0.29, 0.717) is 23.1 Å². The average Bonchev–Trinajstić information content (AvgIpc) is 2.64. The number of hydrogen-bond acceptors (Lipinski definition) is 4. The maximum absolute atomic E-state index is 13.1. The van der Waals surface area contributed by atoms with Crippen molar-refractivity contribution in [3.8, 4) is 11.4 Å². The molecule has 24 heavy (non-hydrogen) atoms. The van der Waals surface area contributed by atoms with Crippen molar-refractivity contribution in [3.63, 3.8) is 0 Å². The van der Waals surface area contributed by atoms with Gasteiger partial charge in [-0.05, 0) is 18.6 Å². The Morgan fingerprint density at radius 2 is 1.79 bits per heavy atom. The highest BCUT2D eigenvalue weighted by atomic mass is 16.5. The van der Waals surface area contributed by atoms with Gasteiger partial charge in [-0.3, -0.25) is 9.36 Å². The summed E-state index contributed by atoms with van der Waals surface area (Å²) in [5.74, 6) is 0.0189. The Labute approximate surface area is 139 Å². The van der Waals surface area contributed by atoms with E-state index in [1.54, 1.807) is 18.2 Å². The fourth-order valence-electron chi connectivity index (χ4n) is 2.82. The first-order valence-electron chi connectivity index (χ1n) is 7.82. The number of carbonyl (C=O) groups is 1. The summed E-state index contributed by atoms with van der Waals surface area (Å²) in [5, 5.41) is 0.486. The van der Waals surface area contributed by atoms with Gasteiger partial charge in [0.25, 0.3) is 5.56 Å². The molecule has 0 spiro atoms. The van der Waals surface area contributed by atoms with Crippen molar-refractivity contribution in [1.29, 1.82) is 0 Å². The molecule has 5 heteroatoms. The maximum atomic E-state index is 13.1. The second-order valence-electron chi connectivity index (χ2n) is 5.44. The standard InChI is InChI=1S/C19H18N2O3/c1-3-16(19(23)24-2)21-17(13-9-5-4-6-10-13)20-15-12-8-7-11-14(15)18(21)22/h4-12,16H,3H2,1-2H3/t16-/m0/s1. The molecule has 0 unspecified atom stereocenters. The van der Waals surface area contributed by atoms with E-state index in [-0.39, 0.29) is 5.56 Å². The summed E-state index contributed by atoms with van der Waals surface area (Å²) in [6, 6.07) is 15.8. The summed E-state index contributed by atoms with van der Waals surface area (Å²) in [6.45, 7) is 1.85. The lowest BCUT2D eigenvalue weighted by Gasteiger charge is -2.20. The van der Waals surface area contributed by atoms with Crippen molar-refractivity contribution >= 4 is 16.9 Å². The number of esters is 1. The van der Waals surface area contributed by atoms with Gasteiger partial charge in [-0.2, -0.15) is 0 Å². The minimum atomic E-state index is -0.713. The second-order valence-corrected chi connectivity index (χ2v) is 5.44. The normalized spacial score (nSPS) is 12.1. The van der Waals surface area contributed by atoms with Gasteiger partial charge in [-0.25, -0.2) is 9.78 Å². The molecule has 3 rings (SSSR count). The predicted octanol–water partition coefficient (Wildman–Crippen LogP) is 3.19. The van der Waals surface area contributed by atoms with Crippen LogP contribution >= 0.6 is 0 Å². The van der Waals surface area contributed by atoms with Crippen LogP contribution in [0, 0.1) is 0 Å². The van der Waals surface area contributed by atoms with Gasteiger partial charge in [0.2, 0.25) is 0 Å². The number of carbonyl (C=O) groups excluding carboxylic acids is 1. The summed E-state index contributed by atoms with van der Waals surface area (Å²) < 4.78 is 6.34. The van der Waals surface area contributed by atoms with Crippen LogP contribution in [0.4, 0.5) is 0 Å². The average molecular weight is 322 g/mol. The van der Waals surface area contributed by atoms with Crippen LogP contribution < -0.4 is 5.56 Å². The van der Waals surface area contributed by atoms with Crippen LogP contribution in [-0.2, 0) is 9.53 Å². The molecule has 0 bridgehead atoms. The van der Waals surface area contributed by atoms with Gasteiger partial charge in [-0.1, -0.05) is 49.4 Å². The largest absolute Gasteiger partial charge is 0.467 e. The minimum Gasteiger partial charge on any atom is -0.467 e. The van der Waals surface area contributed by atoms with E-state index < -0.39 is 12.0 Å². The Bertz CT molecular complexity index is 932. The molecule has 0 aliphatic heterocycles. The lowest BCUT2D eigenvalue weighted by atomic mass is 10.1. The Morgan fingerprint density at radius 3 is 2.46 bits per heavy atom. The molecule has 0 aliphatic rings. The number of methoxy groups -OCH3 is 1. The van der Waals surface area contributed by atoms with Crippen molar-refractivity contribution in [2.45, 2.75) is 19.4 Å². The summed E-state index contributed by atoms with van der Waals surface area (Å²) in [4.78, 5) is 29.9. The highest BCUT2D eigenvalue weighted by molar-refractivity contribution is 5.81. The van der Waals surface area contributed by atoms with Crippen molar-refractivity contribution in [3.05, 3.63) is 65.0 Å². The van der Waals surface area contributed by atoms with E-state index in [4.69, 9.17) is 4.74 Å². The molecule has 0 saturated heterocycles. The van der Waals surface area contributed by atoms with Crippen molar-refractivity contribution < 1.29 is 9.53 Å². The van der Waals surface area contributed by atoms with Crippen molar-refractivity contribution in [2.75, 3.05) is 7.11 Å². The fourth-order valence-corrected chi connectivity index (χ4v) is 2.82. The maximum Gasteiger partial charge on any atom is 0.329 e. The number of hydrogen-bond donors (Lipinski definition) is 0. The molecule has 0 amide bonds. The van der Waals surface area contributed by atoms with Crippen LogP contribution in [0.5, 0.6) is 0 Å². The molecule has 1 atom stereocenters. The molecule has 2 aromatic carbocycles. The van der Waals surface area contributed by atoms with Crippen LogP contribution in [0.1, 0.15) is 19.4 Å². The fraction of sp³-hybridized carbons (Fsp3) is 0.211. The van der Waals surface area contributed by atoms with Crippen LogP contribution in [-0.4, -0.2) is 22.6 Å². The summed E-state index contributed by atoms with van der Waals surface area (Å²) in [6.07, 6.45) is 0.437. The summed E-state index contributed by atoms with van der Waals surface area (Å²) in [7, 11) is 1.33. The molecule has 122 valence electrons. The highest BCUT2D eigenvalue weighted by Crippen LogP contribution is 2.23. The first kappa shape index (κ1) is 15.9. The first-order chi connectivity index (χ1) is 11.7. The Balaban J connectivity index is 2.38. The number of fused-ring (bicyclic) bond motifs is 1. The molecule has 0 radical (unpaired) electrons. The van der Waals surface area contributed by atoms with E-state index in [9.17, 15) is 9.59 Å². The van der Waals surface area contributed by atoms with Gasteiger partial charge in [0, 0.05) is 5.56 Å². The third kappa shape index (κ3) is 2.69. The van der Waals surface area contributed by atoms with Gasteiger partial charge in [-0.15, -0.1) is 0 Å². The van der Waals surface area contributed by atoms with Gasteiger partial charge in [0.05, 0.1) is 18.0 Å². The van der Waals surface area contributed by atoms with Gasteiger partial charge in [0.1, 0.15) is 11.9 Å². The van der Waals surface area contributed by atoms with E-state index in [1.165, 1.54) is 11.7 Å². The number of nitrogens with zero attached hydrogens (tertiary/aromatic N) is 2. The lowest BCUT2D eigenvalue weighted by Crippen LogP contribution is -2.32. The third-order valence-electron chi connectivity index (χ3n) is 4.01. The minimum absolute atomic E-state index is 0.239. The first-order valence-corrected chi connectivity index (χ1v) is 7.82. The Hall–Kier alpha value is -2.95. The third-order valence-corrected chi connectivity index (χ3v) is 4.01. The summed E-state index contributed by atoms with van der Waals surface area (Å²) >= 11 is 0. The molecule has 0 aliphatic carbocycles. The number of rotatable bonds is 4. The molecular weight excluding hydrogens is 304 g/mol. The quantitative estimate of drug-likeness (QED) is 0.692. The van der Waals surface area contributed by atoms with Gasteiger partial charge >= 0.3 is 5.97 Å². The Morgan fingerprint density at radius 1 is 1.12 bits per heavy atom. The van der Waals surface area contributed by atoms with E-state index in [0.717, 1.165) is 5.56 Å². The molecule has 1 heterocycles. The number of ether oxygens (including phenoxy) is 1. The lowest BCUT2D eigenvalue weighted by molar-refractivity contribution is -0.144. The topological polar surface area (TPSA) is 61.2 Å². The molecule has 5 nitrogen and oxygen atoms in total. The van der Waals surface area contributed by atoms with Crippen molar-refractivity contribution in [1.82, 2.24) is 9.55 Å². The predicted molar refractivity (Wildman–Crippen MR) is 92.8 cm³/mol. The molecule has 1 aromatic heterocycles. The van der Waals surface area contributed by atoms with Gasteiger partial charge in [0.15, 0.2) is 0 Å². The molecule has 0 fully saturated rings. The SMILES string of the molecule is CC[C@@H](C(=O)OC)n1c(-c2ccccc2)nc2ccccc2c1=O. The number of benzene rings is 2. The monoisotopic (exact) mass is 322 g/mol. The Kier molecular flexibility index (Phi) is 4.42. The van der Waals surface area contributed by atoms with Crippen LogP contribution in [0.2, 0.25) is 0 Å².